The number of benzene rings is 2. The van der Waals surface area contributed by atoms with Crippen LogP contribution in [0.15, 0.2) is 36.4 Å². The third-order valence-electron chi connectivity index (χ3n) is 4.14. The zero-order valence-corrected chi connectivity index (χ0v) is 15.2. The van der Waals surface area contributed by atoms with Gasteiger partial charge < -0.3 is 10.1 Å². The fraction of sp³-hybridized carbons (Fsp3) is 0.211. The lowest BCUT2D eigenvalue weighted by molar-refractivity contribution is 0.0638. The number of nitrogens with zero attached hydrogens (tertiary/aromatic N) is 1. The summed E-state index contributed by atoms with van der Waals surface area (Å²) in [6.07, 6.45) is 0.519. The summed E-state index contributed by atoms with van der Waals surface area (Å²) in [5.74, 6) is -2.13. The fourth-order valence-corrected chi connectivity index (χ4v) is 2.95. The summed E-state index contributed by atoms with van der Waals surface area (Å²) in [5.41, 5.74) is 0.504. The number of hydrogen-bond acceptors (Lipinski definition) is 4. The van der Waals surface area contributed by atoms with E-state index in [4.69, 9.17) is 16.3 Å². The van der Waals surface area contributed by atoms with E-state index in [1.54, 1.807) is 0 Å². The number of fused-ring (bicyclic) bond motifs is 1. The molecule has 1 aliphatic rings. The van der Waals surface area contributed by atoms with Crippen LogP contribution in [0.4, 0.5) is 10.1 Å². The van der Waals surface area contributed by atoms with Gasteiger partial charge >= 0.3 is 0 Å². The zero-order chi connectivity index (χ0) is 19.6. The van der Waals surface area contributed by atoms with Crippen LogP contribution >= 0.6 is 11.6 Å². The van der Waals surface area contributed by atoms with Crippen molar-refractivity contribution in [2.45, 2.75) is 6.42 Å². The van der Waals surface area contributed by atoms with E-state index in [-0.39, 0.29) is 33.9 Å². The van der Waals surface area contributed by atoms with Gasteiger partial charge in [-0.3, -0.25) is 19.3 Å². The Morgan fingerprint density at radius 1 is 1.15 bits per heavy atom. The topological polar surface area (TPSA) is 75.7 Å². The van der Waals surface area contributed by atoms with Crippen molar-refractivity contribution in [1.82, 2.24) is 4.90 Å². The van der Waals surface area contributed by atoms with E-state index in [0.717, 1.165) is 11.0 Å². The Bertz CT molecular complexity index is 932. The van der Waals surface area contributed by atoms with Gasteiger partial charge in [-0.25, -0.2) is 4.39 Å². The molecule has 0 fully saturated rings. The zero-order valence-electron chi connectivity index (χ0n) is 14.4. The number of ether oxygens (including phenoxy) is 1. The molecule has 0 atom stereocenters. The first-order valence-electron chi connectivity index (χ1n) is 8.18. The highest BCUT2D eigenvalue weighted by Crippen LogP contribution is 2.25. The van der Waals surface area contributed by atoms with Gasteiger partial charge in [-0.15, -0.1) is 0 Å². The maximum atomic E-state index is 13.8. The van der Waals surface area contributed by atoms with E-state index >= 15 is 0 Å². The van der Waals surface area contributed by atoms with Crippen LogP contribution < -0.4 is 5.32 Å². The molecule has 0 aliphatic carbocycles. The normalized spacial score (nSPS) is 13.1. The molecular formula is C19H16ClFN2O4. The molecule has 27 heavy (non-hydrogen) atoms. The van der Waals surface area contributed by atoms with Crippen molar-refractivity contribution in [3.05, 3.63) is 63.9 Å². The third kappa shape index (κ3) is 3.84. The Labute approximate surface area is 159 Å². The first-order chi connectivity index (χ1) is 12.9. The smallest absolute Gasteiger partial charge is 0.261 e. The maximum absolute atomic E-state index is 13.8. The number of imide groups is 1. The van der Waals surface area contributed by atoms with E-state index in [1.165, 1.54) is 37.4 Å². The molecule has 140 valence electrons. The highest BCUT2D eigenvalue weighted by molar-refractivity contribution is 6.30. The van der Waals surface area contributed by atoms with Gasteiger partial charge in [0.25, 0.3) is 17.7 Å². The summed E-state index contributed by atoms with van der Waals surface area (Å²) in [7, 11) is 1.54. The number of amides is 3. The number of anilines is 1. The first kappa shape index (κ1) is 19.0. The van der Waals surface area contributed by atoms with E-state index in [9.17, 15) is 18.8 Å². The van der Waals surface area contributed by atoms with E-state index in [0.29, 0.717) is 13.0 Å². The van der Waals surface area contributed by atoms with Gasteiger partial charge in [0, 0.05) is 30.8 Å². The van der Waals surface area contributed by atoms with Crippen molar-refractivity contribution in [2.75, 3.05) is 25.6 Å². The van der Waals surface area contributed by atoms with Crippen molar-refractivity contribution in [1.29, 1.82) is 0 Å². The van der Waals surface area contributed by atoms with Gasteiger partial charge in [-0.2, -0.15) is 0 Å². The van der Waals surface area contributed by atoms with Crippen LogP contribution in [0.2, 0.25) is 5.02 Å². The molecule has 3 amide bonds. The molecule has 8 heteroatoms. The summed E-state index contributed by atoms with van der Waals surface area (Å²) in [5, 5.41) is 2.63. The number of nitrogens with one attached hydrogen (secondary N) is 1. The quantitative estimate of drug-likeness (QED) is 0.606. The Morgan fingerprint density at radius 2 is 1.89 bits per heavy atom. The van der Waals surface area contributed by atoms with Crippen LogP contribution in [0.1, 0.15) is 37.5 Å². The van der Waals surface area contributed by atoms with Gasteiger partial charge in [0.05, 0.1) is 16.8 Å². The Kier molecular flexibility index (Phi) is 5.53. The highest BCUT2D eigenvalue weighted by Gasteiger charge is 2.35. The maximum Gasteiger partial charge on any atom is 0.261 e. The molecular weight excluding hydrogens is 375 g/mol. The fourth-order valence-electron chi connectivity index (χ4n) is 2.79. The molecule has 0 spiro atoms. The van der Waals surface area contributed by atoms with Crippen molar-refractivity contribution in [3.8, 4) is 0 Å². The second-order valence-electron chi connectivity index (χ2n) is 5.95. The monoisotopic (exact) mass is 390 g/mol. The summed E-state index contributed by atoms with van der Waals surface area (Å²) in [6, 6.07) is 8.07. The van der Waals surface area contributed by atoms with Crippen LogP contribution in [0.3, 0.4) is 0 Å². The van der Waals surface area contributed by atoms with E-state index in [2.05, 4.69) is 5.32 Å². The highest BCUT2D eigenvalue weighted by atomic mass is 35.5. The van der Waals surface area contributed by atoms with Crippen LogP contribution in [-0.4, -0.2) is 42.9 Å². The van der Waals surface area contributed by atoms with Crippen molar-refractivity contribution >= 4 is 35.0 Å². The van der Waals surface area contributed by atoms with Gasteiger partial charge in [-0.05, 0) is 42.8 Å². The predicted octanol–water partition coefficient (Wildman–Crippen LogP) is 3.36. The predicted molar refractivity (Wildman–Crippen MR) is 97.7 cm³/mol. The molecule has 2 aromatic carbocycles. The van der Waals surface area contributed by atoms with Crippen molar-refractivity contribution in [2.24, 2.45) is 0 Å². The Morgan fingerprint density at radius 3 is 2.59 bits per heavy atom. The van der Waals surface area contributed by atoms with Crippen LogP contribution in [0.25, 0.3) is 0 Å². The molecule has 0 saturated carbocycles. The SMILES string of the molecule is COCCCN1C(=O)c2ccc(C(=O)Nc3ccc(Cl)cc3F)cc2C1=O. The number of methoxy groups -OCH3 is 1. The van der Waals surface area contributed by atoms with Gasteiger partial charge in [0.1, 0.15) is 5.82 Å². The summed E-state index contributed by atoms with van der Waals surface area (Å²) < 4.78 is 18.8. The second kappa shape index (κ2) is 7.85. The second-order valence-corrected chi connectivity index (χ2v) is 6.38. The lowest BCUT2D eigenvalue weighted by atomic mass is 10.1. The lowest BCUT2D eigenvalue weighted by Gasteiger charge is -2.12. The van der Waals surface area contributed by atoms with Crippen LogP contribution in [-0.2, 0) is 4.74 Å². The summed E-state index contributed by atoms with van der Waals surface area (Å²) >= 11 is 5.69. The molecule has 1 aliphatic heterocycles. The minimum Gasteiger partial charge on any atom is -0.385 e. The van der Waals surface area contributed by atoms with Gasteiger partial charge in [0.15, 0.2) is 0 Å². The molecule has 0 unspecified atom stereocenters. The molecule has 1 heterocycles. The Hall–Kier alpha value is -2.77. The van der Waals surface area contributed by atoms with E-state index in [1.807, 2.05) is 0 Å². The van der Waals surface area contributed by atoms with Gasteiger partial charge in [0.2, 0.25) is 0 Å². The van der Waals surface area contributed by atoms with Gasteiger partial charge in [-0.1, -0.05) is 11.6 Å². The first-order valence-corrected chi connectivity index (χ1v) is 8.55. The molecule has 0 saturated heterocycles. The molecule has 1 N–H and O–H groups in total. The third-order valence-corrected chi connectivity index (χ3v) is 4.38. The number of halogens is 2. The average molecular weight is 391 g/mol. The molecule has 0 bridgehead atoms. The lowest BCUT2D eigenvalue weighted by Crippen LogP contribution is -2.31. The molecule has 0 radical (unpaired) electrons. The largest absolute Gasteiger partial charge is 0.385 e. The summed E-state index contributed by atoms with van der Waals surface area (Å²) in [6.45, 7) is 0.658. The minimum atomic E-state index is -0.674. The van der Waals surface area contributed by atoms with Crippen molar-refractivity contribution < 1.29 is 23.5 Å². The van der Waals surface area contributed by atoms with Crippen molar-refractivity contribution in [3.63, 3.8) is 0 Å². The molecule has 0 aromatic heterocycles. The van der Waals surface area contributed by atoms with E-state index < -0.39 is 23.5 Å². The number of rotatable bonds is 6. The van der Waals surface area contributed by atoms with Crippen LogP contribution in [0, 0.1) is 5.82 Å². The average Bonchev–Trinajstić information content (AvgIpc) is 2.88. The Balaban J connectivity index is 1.80. The molecule has 2 aromatic rings. The minimum absolute atomic E-state index is 0.0338. The number of carbonyl (C=O) groups is 3. The molecule has 3 rings (SSSR count). The number of hydrogen-bond donors (Lipinski definition) is 1. The standard InChI is InChI=1S/C19H16ClFN2O4/c1-27-8-2-7-23-18(25)13-5-3-11(9-14(13)19(23)26)17(24)22-16-6-4-12(20)10-15(16)21/h3-6,9-10H,2,7-8H2,1H3,(H,22,24). The number of carbonyl (C=O) groups excluding carboxylic acids is 3. The van der Waals surface area contributed by atoms with Crippen LogP contribution in [0.5, 0.6) is 0 Å². The molecule has 6 nitrogen and oxygen atoms in total. The summed E-state index contributed by atoms with van der Waals surface area (Å²) in [4.78, 5) is 38.4.